The zero-order valence-corrected chi connectivity index (χ0v) is 11.2. The van der Waals surface area contributed by atoms with Gasteiger partial charge >= 0.3 is 0 Å². The second-order valence-corrected chi connectivity index (χ2v) is 5.54. The first-order valence-corrected chi connectivity index (χ1v) is 7.35. The summed E-state index contributed by atoms with van der Waals surface area (Å²) < 4.78 is 5.87. The van der Waals surface area contributed by atoms with Crippen LogP contribution in [0.1, 0.15) is 43.2 Å². The molecule has 1 aliphatic heterocycles. The average molecular weight is 245 g/mol. The fourth-order valence-electron chi connectivity index (χ4n) is 3.55. The van der Waals surface area contributed by atoms with Crippen LogP contribution in [0.4, 0.5) is 0 Å². The molecule has 2 nitrogen and oxygen atoms in total. The molecule has 1 fully saturated rings. The summed E-state index contributed by atoms with van der Waals surface area (Å²) >= 11 is 0. The number of fused-ring (bicyclic) bond motifs is 1. The van der Waals surface area contributed by atoms with E-state index in [-0.39, 0.29) is 0 Å². The molecule has 0 saturated heterocycles. The molecule has 2 aliphatic rings. The molecule has 1 saturated carbocycles. The number of rotatable bonds is 4. The van der Waals surface area contributed by atoms with Gasteiger partial charge in [-0.3, -0.25) is 0 Å². The van der Waals surface area contributed by atoms with E-state index in [0.717, 1.165) is 32.0 Å². The minimum atomic E-state index is 0.706. The van der Waals surface area contributed by atoms with Crippen molar-refractivity contribution in [2.45, 2.75) is 38.5 Å². The highest BCUT2D eigenvalue weighted by atomic mass is 16.5. The van der Waals surface area contributed by atoms with E-state index >= 15 is 0 Å². The number of benzene rings is 1. The predicted octanol–water partition coefficient (Wildman–Crippen LogP) is 3.11. The normalized spacial score (nSPS) is 26.1. The van der Waals surface area contributed by atoms with Crippen LogP contribution in [-0.4, -0.2) is 19.7 Å². The van der Waals surface area contributed by atoms with Crippen molar-refractivity contribution in [2.75, 3.05) is 19.7 Å². The van der Waals surface area contributed by atoms with Crippen LogP contribution in [0.15, 0.2) is 18.2 Å². The van der Waals surface area contributed by atoms with Crippen LogP contribution in [0.5, 0.6) is 5.75 Å². The van der Waals surface area contributed by atoms with E-state index in [4.69, 9.17) is 4.74 Å². The van der Waals surface area contributed by atoms with Gasteiger partial charge in [-0.2, -0.15) is 0 Å². The van der Waals surface area contributed by atoms with Gasteiger partial charge in [-0.25, -0.2) is 0 Å². The maximum absolute atomic E-state index is 5.87. The number of hydrogen-bond donors (Lipinski definition) is 1. The first-order chi connectivity index (χ1) is 8.90. The Kier molecular flexibility index (Phi) is 3.55. The Morgan fingerprint density at radius 2 is 2.28 bits per heavy atom. The monoisotopic (exact) mass is 245 g/mol. The van der Waals surface area contributed by atoms with Crippen molar-refractivity contribution < 1.29 is 4.74 Å². The molecule has 1 aliphatic carbocycles. The summed E-state index contributed by atoms with van der Waals surface area (Å²) in [6.07, 6.45) is 5.15. The van der Waals surface area contributed by atoms with Gasteiger partial charge in [0.1, 0.15) is 5.75 Å². The second-order valence-electron chi connectivity index (χ2n) is 5.54. The highest BCUT2D eigenvalue weighted by Gasteiger charge is 2.31. The predicted molar refractivity (Wildman–Crippen MR) is 74.3 cm³/mol. The van der Waals surface area contributed by atoms with Crippen LogP contribution in [0, 0.1) is 5.92 Å². The van der Waals surface area contributed by atoms with Crippen LogP contribution in [0.25, 0.3) is 0 Å². The van der Waals surface area contributed by atoms with Crippen molar-refractivity contribution in [1.29, 1.82) is 0 Å². The SMILES string of the molecule is CCNCC1CCCC1c1cccc2c1OCC2. The van der Waals surface area contributed by atoms with E-state index in [9.17, 15) is 0 Å². The molecule has 1 heterocycles. The summed E-state index contributed by atoms with van der Waals surface area (Å²) in [5, 5.41) is 3.52. The van der Waals surface area contributed by atoms with Crippen LogP contribution >= 0.6 is 0 Å². The number of nitrogens with one attached hydrogen (secondary N) is 1. The summed E-state index contributed by atoms with van der Waals surface area (Å²) in [7, 11) is 0. The standard InChI is InChI=1S/C16H23NO/c1-2-17-11-13-6-4-7-14(13)15-8-3-5-12-9-10-18-16(12)15/h3,5,8,13-14,17H,2,4,6-7,9-11H2,1H3. The van der Waals surface area contributed by atoms with Crippen LogP contribution < -0.4 is 10.1 Å². The number of hydrogen-bond acceptors (Lipinski definition) is 2. The Balaban J connectivity index is 1.83. The fourth-order valence-corrected chi connectivity index (χ4v) is 3.55. The molecule has 18 heavy (non-hydrogen) atoms. The molecule has 0 radical (unpaired) electrons. The molecule has 1 N–H and O–H groups in total. The second kappa shape index (κ2) is 5.31. The van der Waals surface area contributed by atoms with E-state index in [0.29, 0.717) is 5.92 Å². The molecule has 0 bridgehead atoms. The lowest BCUT2D eigenvalue weighted by Crippen LogP contribution is -2.24. The van der Waals surface area contributed by atoms with E-state index < -0.39 is 0 Å². The van der Waals surface area contributed by atoms with Gasteiger partial charge in [0, 0.05) is 6.42 Å². The fraction of sp³-hybridized carbons (Fsp3) is 0.625. The molecule has 3 rings (SSSR count). The maximum Gasteiger partial charge on any atom is 0.126 e. The van der Waals surface area contributed by atoms with Crippen LogP contribution in [-0.2, 0) is 6.42 Å². The topological polar surface area (TPSA) is 21.3 Å². The van der Waals surface area contributed by atoms with Gasteiger partial charge in [-0.05, 0) is 48.9 Å². The lowest BCUT2D eigenvalue weighted by Gasteiger charge is -2.22. The highest BCUT2D eigenvalue weighted by Crippen LogP contribution is 2.45. The summed E-state index contributed by atoms with van der Waals surface area (Å²) in [4.78, 5) is 0. The zero-order valence-electron chi connectivity index (χ0n) is 11.2. The number of ether oxygens (including phenoxy) is 1. The molecule has 1 aromatic rings. The van der Waals surface area contributed by atoms with Gasteiger partial charge in [0.25, 0.3) is 0 Å². The molecule has 0 spiro atoms. The third-order valence-electron chi connectivity index (χ3n) is 4.46. The quantitative estimate of drug-likeness (QED) is 0.880. The van der Waals surface area contributed by atoms with Crippen molar-refractivity contribution in [3.8, 4) is 5.75 Å². The molecular weight excluding hydrogens is 222 g/mol. The smallest absolute Gasteiger partial charge is 0.126 e. The lowest BCUT2D eigenvalue weighted by atomic mass is 9.87. The molecule has 98 valence electrons. The number of para-hydroxylation sites is 1. The lowest BCUT2D eigenvalue weighted by molar-refractivity contribution is 0.345. The third kappa shape index (κ3) is 2.14. The molecule has 1 aromatic carbocycles. The van der Waals surface area contributed by atoms with Crippen molar-refractivity contribution in [3.05, 3.63) is 29.3 Å². The Bertz CT molecular complexity index is 416. The Morgan fingerprint density at radius 3 is 3.17 bits per heavy atom. The summed E-state index contributed by atoms with van der Waals surface area (Å²) in [6, 6.07) is 6.73. The molecule has 2 heteroatoms. The summed E-state index contributed by atoms with van der Waals surface area (Å²) in [5.74, 6) is 2.71. The molecular formula is C16H23NO. The molecule has 2 unspecified atom stereocenters. The van der Waals surface area contributed by atoms with Gasteiger partial charge in [0.2, 0.25) is 0 Å². The minimum Gasteiger partial charge on any atom is -0.493 e. The first-order valence-electron chi connectivity index (χ1n) is 7.35. The van der Waals surface area contributed by atoms with E-state index in [1.807, 2.05) is 0 Å². The Hall–Kier alpha value is -1.02. The minimum absolute atomic E-state index is 0.706. The van der Waals surface area contributed by atoms with E-state index in [2.05, 4.69) is 30.4 Å². The maximum atomic E-state index is 5.87. The van der Waals surface area contributed by atoms with E-state index in [1.54, 1.807) is 0 Å². The van der Waals surface area contributed by atoms with Gasteiger partial charge in [-0.1, -0.05) is 31.5 Å². The van der Waals surface area contributed by atoms with Crippen molar-refractivity contribution in [3.63, 3.8) is 0 Å². The summed E-state index contributed by atoms with van der Waals surface area (Å²) in [5.41, 5.74) is 2.90. The van der Waals surface area contributed by atoms with Gasteiger partial charge in [-0.15, -0.1) is 0 Å². The van der Waals surface area contributed by atoms with Crippen molar-refractivity contribution in [1.82, 2.24) is 5.32 Å². The zero-order chi connectivity index (χ0) is 12.4. The van der Waals surface area contributed by atoms with Gasteiger partial charge in [0.15, 0.2) is 0 Å². The van der Waals surface area contributed by atoms with Crippen LogP contribution in [0.3, 0.4) is 0 Å². The molecule has 0 aromatic heterocycles. The Labute approximate surface area is 110 Å². The molecule has 2 atom stereocenters. The average Bonchev–Trinajstić information content (AvgIpc) is 3.04. The molecule has 0 amide bonds. The first kappa shape index (κ1) is 12.0. The highest BCUT2D eigenvalue weighted by molar-refractivity contribution is 5.46. The van der Waals surface area contributed by atoms with Crippen molar-refractivity contribution >= 4 is 0 Å². The van der Waals surface area contributed by atoms with E-state index in [1.165, 1.54) is 36.1 Å². The van der Waals surface area contributed by atoms with Crippen molar-refractivity contribution in [2.24, 2.45) is 5.92 Å². The van der Waals surface area contributed by atoms with Crippen LogP contribution in [0.2, 0.25) is 0 Å². The largest absolute Gasteiger partial charge is 0.493 e. The van der Waals surface area contributed by atoms with Gasteiger partial charge in [0.05, 0.1) is 6.61 Å². The summed E-state index contributed by atoms with van der Waals surface area (Å²) in [6.45, 7) is 5.29. The third-order valence-corrected chi connectivity index (χ3v) is 4.46. The Morgan fingerprint density at radius 1 is 1.33 bits per heavy atom. The van der Waals surface area contributed by atoms with Gasteiger partial charge < -0.3 is 10.1 Å².